The van der Waals surface area contributed by atoms with Gasteiger partial charge in [0.15, 0.2) is 9.84 Å². The van der Waals surface area contributed by atoms with Gasteiger partial charge in [-0.2, -0.15) is 0 Å². The number of aryl methyl sites for hydroxylation is 1. The van der Waals surface area contributed by atoms with Crippen molar-refractivity contribution in [2.75, 3.05) is 52.7 Å². The molecule has 3 amide bonds. The lowest BCUT2D eigenvalue weighted by Crippen LogP contribution is -2.52. The lowest BCUT2D eigenvalue weighted by molar-refractivity contribution is -0.136. The molecule has 1 aromatic heterocycles. The number of nitrogens with one attached hydrogen (secondary N) is 1. The molecule has 4 heterocycles. The molecule has 0 radical (unpaired) electrons. The highest BCUT2D eigenvalue weighted by Gasteiger charge is 2.40. The highest BCUT2D eigenvalue weighted by Crippen LogP contribution is 2.37. The number of fused-ring (bicyclic) bond motifs is 1. The number of likely N-dealkylation sites (tertiary alicyclic amines) is 1. The van der Waals surface area contributed by atoms with Gasteiger partial charge in [0, 0.05) is 55.3 Å². The van der Waals surface area contributed by atoms with Gasteiger partial charge in [-0.1, -0.05) is 41.9 Å². The molecule has 16 heteroatoms. The third-order valence-corrected chi connectivity index (χ3v) is 15.0. The largest absolute Gasteiger partial charge is 0.491 e. The van der Waals surface area contributed by atoms with E-state index < -0.39 is 27.0 Å². The maximum atomic E-state index is 13.1. The number of hydrogen-bond acceptors (Lipinski definition) is 12. The Hall–Kier alpha value is -4.93. The number of hydrogen-bond donors (Lipinski definition) is 1. The van der Waals surface area contributed by atoms with E-state index in [1.807, 2.05) is 32.0 Å². The van der Waals surface area contributed by atoms with E-state index in [1.165, 1.54) is 16.0 Å². The molecule has 0 spiro atoms. The van der Waals surface area contributed by atoms with E-state index in [9.17, 15) is 22.8 Å². The predicted molar refractivity (Wildman–Crippen MR) is 251 cm³/mol. The minimum Gasteiger partial charge on any atom is -0.491 e. The number of sulfone groups is 1. The molecule has 1 atom stereocenters. The van der Waals surface area contributed by atoms with Gasteiger partial charge in [-0.3, -0.25) is 19.7 Å². The summed E-state index contributed by atoms with van der Waals surface area (Å²) >= 11 is 6.60. The van der Waals surface area contributed by atoms with Crippen LogP contribution < -0.4 is 14.8 Å². The minimum atomic E-state index is -3.50. The van der Waals surface area contributed by atoms with Crippen molar-refractivity contribution < 1.29 is 41.7 Å². The maximum absolute atomic E-state index is 13.1. The number of piperidine rings is 2. The third-order valence-electron chi connectivity index (χ3n) is 12.5. The average molecular weight is 945 g/mol. The molecule has 7 rings (SSSR count). The van der Waals surface area contributed by atoms with E-state index in [0.717, 1.165) is 55.8 Å². The fourth-order valence-electron chi connectivity index (χ4n) is 8.97. The molecule has 4 aromatic rings. The second kappa shape index (κ2) is 22.2. The van der Waals surface area contributed by atoms with Crippen molar-refractivity contribution in [2.24, 2.45) is 0 Å². The topological polar surface area (TPSA) is 167 Å². The van der Waals surface area contributed by atoms with Crippen molar-refractivity contribution in [1.82, 2.24) is 25.1 Å². The molecule has 2 saturated heterocycles. The molecule has 14 nitrogen and oxygen atoms in total. The van der Waals surface area contributed by atoms with Crippen molar-refractivity contribution in [3.63, 3.8) is 0 Å². The molecular formula is C50H62ClN5O9S. The maximum Gasteiger partial charge on any atom is 0.255 e. The molecule has 3 aromatic carbocycles. The van der Waals surface area contributed by atoms with Gasteiger partial charge in [0.25, 0.3) is 5.91 Å². The molecule has 1 N–H and O–H groups in total. The normalized spacial score (nSPS) is 17.2. The Morgan fingerprint density at radius 3 is 2.35 bits per heavy atom. The lowest BCUT2D eigenvalue weighted by atomic mass is 9.85. The van der Waals surface area contributed by atoms with Crippen LogP contribution in [0.5, 0.6) is 11.5 Å². The number of carbonyl (C=O) groups excluding carboxylic acids is 3. The Morgan fingerprint density at radius 1 is 0.864 bits per heavy atom. The number of ether oxygens (including phenoxy) is 4. The molecule has 2 fully saturated rings. The van der Waals surface area contributed by atoms with Gasteiger partial charge >= 0.3 is 0 Å². The van der Waals surface area contributed by atoms with Gasteiger partial charge in [0.05, 0.1) is 53.3 Å². The standard InChI is InChI=1S/C50H62ClN5O9S/c1-32(2)65-45-29-39(34(5)26-37(45)28-47-52-30-41(51)42(53-47)27-36-10-6-7-13-46(36)66(60,61)33(3)4)35-16-19-55(20-17-35)18-9-21-62-22-23-63-24-25-64-44-12-8-11-38-40(44)31-56(50(38)59)43-14-15-48(57)54-49(43)58/h6-8,10-13,26,29-30,32-33,35,43H,9,14-25,27-28,31H2,1-5H3,(H,54,57,58). The Morgan fingerprint density at radius 2 is 1.61 bits per heavy atom. The van der Waals surface area contributed by atoms with Crippen LogP contribution in [0.15, 0.2) is 65.7 Å². The quantitative estimate of drug-likeness (QED) is 0.0671. The molecule has 0 saturated carbocycles. The third kappa shape index (κ3) is 12.0. The van der Waals surface area contributed by atoms with E-state index in [2.05, 4.69) is 34.3 Å². The number of rotatable bonds is 21. The van der Waals surface area contributed by atoms with E-state index in [4.69, 9.17) is 35.5 Å². The van der Waals surface area contributed by atoms with E-state index >= 15 is 0 Å². The van der Waals surface area contributed by atoms with Crippen LogP contribution in [0, 0.1) is 6.92 Å². The van der Waals surface area contributed by atoms with Crippen molar-refractivity contribution in [1.29, 1.82) is 0 Å². The lowest BCUT2D eigenvalue weighted by Gasteiger charge is -2.33. The Balaban J connectivity index is 0.828. The van der Waals surface area contributed by atoms with Gasteiger partial charge < -0.3 is 28.7 Å². The molecule has 354 valence electrons. The summed E-state index contributed by atoms with van der Waals surface area (Å²) in [7, 11) is -3.50. The Kier molecular flexibility index (Phi) is 16.5. The second-order valence-electron chi connectivity index (χ2n) is 17.8. The van der Waals surface area contributed by atoms with Gasteiger partial charge in [0.1, 0.15) is 30.0 Å². The first-order valence-electron chi connectivity index (χ1n) is 23.1. The smallest absolute Gasteiger partial charge is 0.255 e. The van der Waals surface area contributed by atoms with Crippen LogP contribution in [-0.4, -0.2) is 116 Å². The fourth-order valence-corrected chi connectivity index (χ4v) is 10.4. The summed E-state index contributed by atoms with van der Waals surface area (Å²) in [5.41, 5.74) is 6.00. The number of imide groups is 1. The van der Waals surface area contributed by atoms with Crippen LogP contribution in [0.4, 0.5) is 0 Å². The molecular weight excluding hydrogens is 882 g/mol. The highest BCUT2D eigenvalue weighted by atomic mass is 35.5. The summed E-state index contributed by atoms with van der Waals surface area (Å²) in [5, 5.41) is 2.17. The van der Waals surface area contributed by atoms with Crippen LogP contribution in [0.25, 0.3) is 0 Å². The zero-order chi connectivity index (χ0) is 47.0. The predicted octanol–water partition coefficient (Wildman–Crippen LogP) is 7.03. The molecule has 1 unspecified atom stereocenters. The van der Waals surface area contributed by atoms with Crippen LogP contribution in [-0.2, 0) is 48.3 Å². The molecule has 66 heavy (non-hydrogen) atoms. The van der Waals surface area contributed by atoms with Gasteiger partial charge in [-0.25, -0.2) is 18.4 Å². The number of benzene rings is 3. The van der Waals surface area contributed by atoms with E-state index in [1.54, 1.807) is 44.3 Å². The first kappa shape index (κ1) is 49.0. The summed E-state index contributed by atoms with van der Waals surface area (Å²) in [4.78, 5) is 50.8. The molecule has 3 aliphatic heterocycles. The number of amides is 3. The van der Waals surface area contributed by atoms with E-state index in [0.29, 0.717) is 90.1 Å². The van der Waals surface area contributed by atoms with Gasteiger partial charge in [-0.05, 0) is 120 Å². The van der Waals surface area contributed by atoms with E-state index in [-0.39, 0.29) is 37.3 Å². The zero-order valence-corrected chi connectivity index (χ0v) is 40.2. The van der Waals surface area contributed by atoms with Gasteiger partial charge in [-0.15, -0.1) is 0 Å². The van der Waals surface area contributed by atoms with Crippen LogP contribution in [0.3, 0.4) is 0 Å². The van der Waals surface area contributed by atoms with Crippen molar-refractivity contribution in [3.05, 3.63) is 111 Å². The van der Waals surface area contributed by atoms with Gasteiger partial charge in [0.2, 0.25) is 11.8 Å². The second-order valence-corrected chi connectivity index (χ2v) is 20.7. The summed E-state index contributed by atoms with van der Waals surface area (Å²) < 4.78 is 50.3. The van der Waals surface area contributed by atoms with Crippen molar-refractivity contribution >= 4 is 39.2 Å². The molecule has 3 aliphatic rings. The van der Waals surface area contributed by atoms with Crippen LogP contribution in [0.2, 0.25) is 5.02 Å². The first-order chi connectivity index (χ1) is 31.7. The van der Waals surface area contributed by atoms with Crippen LogP contribution >= 0.6 is 11.6 Å². The van der Waals surface area contributed by atoms with Crippen LogP contribution in [0.1, 0.15) is 115 Å². The number of aromatic nitrogens is 2. The number of nitrogens with zero attached hydrogens (tertiary/aromatic N) is 4. The highest BCUT2D eigenvalue weighted by molar-refractivity contribution is 7.92. The average Bonchev–Trinajstić information content (AvgIpc) is 3.62. The first-order valence-corrected chi connectivity index (χ1v) is 25.0. The summed E-state index contributed by atoms with van der Waals surface area (Å²) in [6.07, 6.45) is 5.84. The SMILES string of the molecule is Cc1cc(Cc2ncc(Cl)c(Cc3ccccc3S(=O)(=O)C(C)C)n2)c(OC(C)C)cc1C1CCN(CCCOCCOCCOc2cccc3c2CN(C2CCC(=O)NC2=O)C3=O)CC1. The molecule has 0 bridgehead atoms. The Labute approximate surface area is 393 Å². The monoisotopic (exact) mass is 943 g/mol. The summed E-state index contributed by atoms with van der Waals surface area (Å²) in [6, 6.07) is 16.1. The summed E-state index contributed by atoms with van der Waals surface area (Å²) in [5.74, 6) is 1.44. The minimum absolute atomic E-state index is 0.0251. The number of carbonyl (C=O) groups is 3. The number of halogens is 1. The fraction of sp³-hybridized carbons (Fsp3) is 0.500. The van der Waals surface area contributed by atoms with Crippen molar-refractivity contribution in [2.45, 2.75) is 114 Å². The Bertz CT molecular complexity index is 2490. The van der Waals surface area contributed by atoms with Crippen molar-refractivity contribution in [3.8, 4) is 11.5 Å². The zero-order valence-electron chi connectivity index (χ0n) is 38.6. The summed E-state index contributed by atoms with van der Waals surface area (Å²) in [6.45, 7) is 15.1. The molecule has 0 aliphatic carbocycles.